The standard InChI is InChI=1S/C20H14N4.C9H8.C8H6N2.2C8H6S2.C6H4S2/c1-2-14-10-16-5-6-18(23-16)12-20-8-7-19(24-20)11-17-4-3-15(22-17)9-13(1)21-14;1-2-5-9-7-3-6-8(9)4-1;1-2-4-8-7(3-1)9-5-6-10-8;2*1-3-7(9-5-1)8-4-2-6-10-8;1-3-7-6-2-4-8-5(1)6/h1-12,21,24H;1-6H,7H2;3*1-6H;1-4H. The van der Waals surface area contributed by atoms with E-state index in [9.17, 15) is 0 Å². The fourth-order valence-electron chi connectivity index (χ4n) is 7.42. The highest BCUT2D eigenvalue weighted by Gasteiger charge is 2.03. The largest absolute Gasteiger partial charge is 0.355 e. The number of aromatic nitrogens is 6. The molecule has 6 nitrogen and oxygen atoms in total. The number of hydrogen-bond donors (Lipinski definition) is 2. The van der Waals surface area contributed by atoms with Crippen molar-refractivity contribution in [2.45, 2.75) is 6.42 Å². The molecule has 3 aliphatic rings. The van der Waals surface area contributed by atoms with Gasteiger partial charge in [-0.05, 0) is 171 Å². The Labute approximate surface area is 435 Å². The maximum Gasteiger partial charge on any atom is 0.0886 e. The number of para-hydroxylation sites is 2. The zero-order chi connectivity index (χ0) is 47.9. The molecule has 15 rings (SSSR count). The number of nitrogens with zero attached hydrogens (tertiary/aromatic N) is 4. The molecule has 12 heterocycles. The first-order valence-corrected chi connectivity index (χ1v) is 27.9. The van der Waals surface area contributed by atoms with Crippen LogP contribution in [0, 0.1) is 0 Å². The summed E-state index contributed by atoms with van der Waals surface area (Å²) >= 11 is 10.8. The van der Waals surface area contributed by atoms with Crippen LogP contribution in [0.3, 0.4) is 0 Å². The molecule has 2 aromatic carbocycles. The summed E-state index contributed by atoms with van der Waals surface area (Å²) in [6.07, 6.45) is 17.0. The molecule has 10 aromatic heterocycles. The van der Waals surface area contributed by atoms with Crippen molar-refractivity contribution in [3.63, 3.8) is 0 Å². The number of hydrogen-bond acceptors (Lipinski definition) is 10. The van der Waals surface area contributed by atoms with Gasteiger partial charge in [0.2, 0.25) is 0 Å². The minimum Gasteiger partial charge on any atom is -0.355 e. The number of allylic oxidation sites excluding steroid dienone is 1. The molecule has 0 unspecified atom stereocenters. The second kappa shape index (κ2) is 23.9. The van der Waals surface area contributed by atoms with Crippen LogP contribution in [0.25, 0.3) is 92.4 Å². The van der Waals surface area contributed by atoms with Gasteiger partial charge in [-0.2, -0.15) is 0 Å². The third-order valence-electron chi connectivity index (χ3n) is 10.7. The molecule has 12 aromatic rings. The van der Waals surface area contributed by atoms with Gasteiger partial charge in [0, 0.05) is 63.4 Å². The van der Waals surface area contributed by atoms with Crippen LogP contribution in [-0.2, 0) is 6.42 Å². The van der Waals surface area contributed by atoms with Gasteiger partial charge in [-0.1, -0.05) is 72.8 Å². The van der Waals surface area contributed by atoms with Gasteiger partial charge in [-0.3, -0.25) is 9.97 Å². The maximum atomic E-state index is 4.63. The van der Waals surface area contributed by atoms with E-state index in [1.165, 1.54) is 40.0 Å². The zero-order valence-electron chi connectivity index (χ0n) is 38.0. The Morgan fingerprint density at radius 2 is 0.746 bits per heavy atom. The predicted molar refractivity (Wildman–Crippen MR) is 313 cm³/mol. The molecule has 0 saturated carbocycles. The Morgan fingerprint density at radius 3 is 1.13 bits per heavy atom. The van der Waals surface area contributed by atoms with Crippen molar-refractivity contribution < 1.29 is 0 Å². The Kier molecular flexibility index (Phi) is 15.9. The van der Waals surface area contributed by atoms with Crippen LogP contribution in [0.1, 0.15) is 33.9 Å². The van der Waals surface area contributed by atoms with E-state index in [-0.39, 0.29) is 0 Å². The minimum atomic E-state index is 0.939. The van der Waals surface area contributed by atoms with Crippen LogP contribution in [0.5, 0.6) is 0 Å². The molecular weight excluding hydrogens is 985 g/mol. The summed E-state index contributed by atoms with van der Waals surface area (Å²) in [4.78, 5) is 29.7. The summed E-state index contributed by atoms with van der Waals surface area (Å²) in [5.41, 5.74) is 12.6. The van der Waals surface area contributed by atoms with E-state index in [2.05, 4.69) is 184 Å². The molecule has 0 amide bonds. The number of fused-ring (bicyclic) bond motifs is 11. The molecule has 0 saturated heterocycles. The average molecular weight is 1030 g/mol. The number of benzene rings is 2. The van der Waals surface area contributed by atoms with Crippen molar-refractivity contribution in [1.29, 1.82) is 0 Å². The lowest BCUT2D eigenvalue weighted by Gasteiger charge is -1.93. The Morgan fingerprint density at radius 1 is 0.352 bits per heavy atom. The first kappa shape index (κ1) is 47.3. The third-order valence-corrected chi connectivity index (χ3v) is 16.5. The molecule has 0 fully saturated rings. The van der Waals surface area contributed by atoms with Gasteiger partial charge in [-0.25, -0.2) is 9.97 Å². The lowest BCUT2D eigenvalue weighted by molar-refractivity contribution is 1.29. The third kappa shape index (κ3) is 13.3. The number of rotatable bonds is 2. The molecule has 346 valence electrons. The molecule has 12 heteroatoms. The van der Waals surface area contributed by atoms with Gasteiger partial charge >= 0.3 is 0 Å². The van der Waals surface area contributed by atoms with Crippen LogP contribution in [0.15, 0.2) is 208 Å². The molecule has 0 spiro atoms. The molecule has 8 bridgehead atoms. The SMILES string of the molecule is C1=Cc2cc3ccc(cc4nc(cc5ccc(cc1n2)[nH]5)C=C4)[nH]3.C1=Cc2ccccc2C1.c1cc2sccc2s1.c1ccc2nccnc2c1.c1csc(-c2cccs2)c1.c1csc(-c2cccs2)c1. The molecule has 0 radical (unpaired) electrons. The number of H-pyrrole nitrogens is 2. The number of nitrogens with one attached hydrogen (secondary N) is 2. The highest BCUT2D eigenvalue weighted by atomic mass is 32.1. The summed E-state index contributed by atoms with van der Waals surface area (Å²) in [7, 11) is 0. The van der Waals surface area contributed by atoms with E-state index in [4.69, 9.17) is 0 Å². The zero-order valence-corrected chi connectivity index (χ0v) is 42.9. The highest BCUT2D eigenvalue weighted by molar-refractivity contribution is 7.26. The summed E-state index contributed by atoms with van der Waals surface area (Å²) in [5, 5.41) is 12.7. The fourth-order valence-corrected chi connectivity index (χ4v) is 12.4. The Balaban J connectivity index is 0.000000105. The second-order valence-corrected chi connectivity index (χ2v) is 21.4. The van der Waals surface area contributed by atoms with E-state index in [0.29, 0.717) is 0 Å². The van der Waals surface area contributed by atoms with Gasteiger partial charge in [-0.15, -0.1) is 68.0 Å². The summed E-state index contributed by atoms with van der Waals surface area (Å²) < 4.78 is 2.82. The Hall–Kier alpha value is -7.42. The summed E-state index contributed by atoms with van der Waals surface area (Å²) in [6.45, 7) is 0. The van der Waals surface area contributed by atoms with Crippen molar-refractivity contribution in [3.05, 3.63) is 242 Å². The van der Waals surface area contributed by atoms with Crippen molar-refractivity contribution in [3.8, 4) is 19.5 Å². The van der Waals surface area contributed by atoms with Crippen molar-refractivity contribution in [1.82, 2.24) is 29.9 Å². The predicted octanol–water partition coefficient (Wildman–Crippen LogP) is 18.5. The number of aromatic amines is 2. The monoisotopic (exact) mass is 1030 g/mol. The molecule has 71 heavy (non-hydrogen) atoms. The van der Waals surface area contributed by atoms with Crippen molar-refractivity contribution >= 4 is 141 Å². The van der Waals surface area contributed by atoms with Gasteiger partial charge in [0.15, 0.2) is 0 Å². The van der Waals surface area contributed by atoms with Gasteiger partial charge in [0.1, 0.15) is 0 Å². The smallest absolute Gasteiger partial charge is 0.0886 e. The molecule has 1 aliphatic carbocycles. The average Bonchev–Trinajstić information content (AvgIpc) is 4.24. The molecule has 2 aliphatic heterocycles. The fraction of sp³-hybridized carbons (Fsp3) is 0.0169. The van der Waals surface area contributed by atoms with Crippen molar-refractivity contribution in [2.75, 3.05) is 0 Å². The van der Waals surface area contributed by atoms with E-state index in [1.807, 2.05) is 72.8 Å². The van der Waals surface area contributed by atoms with E-state index < -0.39 is 0 Å². The van der Waals surface area contributed by atoms with Gasteiger partial charge in [0.05, 0.1) is 33.8 Å². The van der Waals surface area contributed by atoms with Gasteiger partial charge < -0.3 is 9.97 Å². The van der Waals surface area contributed by atoms with Crippen LogP contribution >= 0.6 is 68.0 Å². The topological polar surface area (TPSA) is 83.1 Å². The second-order valence-electron chi connectivity index (χ2n) is 15.7. The van der Waals surface area contributed by atoms with E-state index >= 15 is 0 Å². The first-order valence-electron chi connectivity index (χ1n) is 22.6. The van der Waals surface area contributed by atoms with E-state index in [1.54, 1.807) is 80.4 Å². The molecule has 0 atom stereocenters. The van der Waals surface area contributed by atoms with E-state index in [0.717, 1.165) is 62.3 Å². The first-order chi connectivity index (χ1) is 35.1. The van der Waals surface area contributed by atoms with Crippen LogP contribution in [0.2, 0.25) is 0 Å². The van der Waals surface area contributed by atoms with Gasteiger partial charge in [0.25, 0.3) is 0 Å². The van der Waals surface area contributed by atoms with Crippen LogP contribution in [-0.4, -0.2) is 29.9 Å². The Bertz CT molecular complexity index is 3390. The molecular formula is C59H44N6S6. The molecule has 2 N–H and O–H groups in total. The normalized spacial score (nSPS) is 11.4. The highest BCUT2D eigenvalue weighted by Crippen LogP contribution is 2.30. The van der Waals surface area contributed by atoms with Crippen LogP contribution in [0.4, 0.5) is 0 Å². The van der Waals surface area contributed by atoms with Crippen LogP contribution < -0.4 is 0 Å². The summed E-state index contributed by atoms with van der Waals surface area (Å²) in [6, 6.07) is 53.9. The maximum absolute atomic E-state index is 4.63. The number of thiophene rings is 6. The summed E-state index contributed by atoms with van der Waals surface area (Å²) in [5.74, 6) is 0. The minimum absolute atomic E-state index is 0.939. The quantitative estimate of drug-likeness (QED) is 0.181. The lowest BCUT2D eigenvalue weighted by atomic mass is 10.1. The van der Waals surface area contributed by atoms with Crippen molar-refractivity contribution in [2.24, 2.45) is 0 Å². The lowest BCUT2D eigenvalue weighted by Crippen LogP contribution is -1.78.